The quantitative estimate of drug-likeness (QED) is 0.369. The zero-order valence-corrected chi connectivity index (χ0v) is 11.6. The summed E-state index contributed by atoms with van der Waals surface area (Å²) in [6.07, 6.45) is 5.76. The summed E-state index contributed by atoms with van der Waals surface area (Å²) in [5, 5.41) is 0. The Labute approximate surface area is 66.5 Å². The van der Waals surface area contributed by atoms with Gasteiger partial charge in [0, 0.05) is 9.04 Å². The van der Waals surface area contributed by atoms with Crippen molar-refractivity contribution >= 4 is 27.4 Å². The normalized spacial score (nSPS) is 13.0. The van der Waals surface area contributed by atoms with Gasteiger partial charge in [-0.3, -0.25) is 0 Å². The topological polar surface area (TPSA) is 0 Å². The van der Waals surface area contributed by atoms with Gasteiger partial charge >= 0.3 is 0 Å². The van der Waals surface area contributed by atoms with Gasteiger partial charge in [-0.25, -0.2) is 0 Å². The van der Waals surface area contributed by atoms with Crippen molar-refractivity contribution in [1.29, 1.82) is 0 Å². The van der Waals surface area contributed by atoms with Crippen LogP contribution >= 0.6 is 0 Å². The molecule has 0 saturated carbocycles. The van der Waals surface area contributed by atoms with Crippen molar-refractivity contribution in [2.45, 2.75) is 32.6 Å². The van der Waals surface area contributed by atoms with Gasteiger partial charge in [-0.2, -0.15) is 0 Å². The SMILES string of the molecule is CCCCC[CH][SiH2][SiH2][SiH3]. The van der Waals surface area contributed by atoms with Gasteiger partial charge in [0.2, 0.25) is 0 Å². The molecule has 0 aromatic rings. The molecule has 0 aliphatic carbocycles. The lowest BCUT2D eigenvalue weighted by Gasteiger charge is -1.94. The first-order valence-electron chi connectivity index (χ1n) is 4.23. The molecule has 0 spiro atoms. The van der Waals surface area contributed by atoms with Gasteiger partial charge in [-0.1, -0.05) is 38.7 Å². The molecule has 0 heterocycles. The van der Waals surface area contributed by atoms with Crippen LogP contribution in [-0.2, 0) is 0 Å². The highest BCUT2D eigenvalue weighted by atomic mass is 29.5. The van der Waals surface area contributed by atoms with Crippen LogP contribution in [0.5, 0.6) is 0 Å². The maximum Gasteiger partial charge on any atom is 0.00837 e. The Morgan fingerprint density at radius 1 is 1.44 bits per heavy atom. The van der Waals surface area contributed by atoms with Gasteiger partial charge < -0.3 is 0 Å². The molecule has 0 atom stereocenters. The summed E-state index contributed by atoms with van der Waals surface area (Å²) in [5.74, 6) is 0. The molecule has 1 radical (unpaired) electrons. The summed E-state index contributed by atoms with van der Waals surface area (Å²) in [5.41, 5.74) is 0. The molecule has 0 saturated heterocycles. The lowest BCUT2D eigenvalue weighted by atomic mass is 10.2. The van der Waals surface area contributed by atoms with Crippen LogP contribution in [0.1, 0.15) is 32.6 Å². The highest BCUT2D eigenvalue weighted by Crippen LogP contribution is 1.99. The maximum atomic E-state index is 2.65. The Balaban J connectivity index is 2.60. The van der Waals surface area contributed by atoms with Gasteiger partial charge in [0.05, 0.1) is 0 Å². The van der Waals surface area contributed by atoms with E-state index < -0.39 is 0 Å². The summed E-state index contributed by atoms with van der Waals surface area (Å²) < 4.78 is 0. The Kier molecular flexibility index (Phi) is 9.28. The predicted octanol–water partition coefficient (Wildman–Crippen LogP) is -0.739. The molecule has 3 heteroatoms. The molecule has 0 aromatic carbocycles. The van der Waals surface area contributed by atoms with E-state index in [2.05, 4.69) is 13.0 Å². The molecule has 0 unspecified atom stereocenters. The van der Waals surface area contributed by atoms with Crippen LogP contribution in [0.4, 0.5) is 0 Å². The second kappa shape index (κ2) is 8.65. The molecule has 0 aliphatic rings. The Hall–Kier alpha value is 0.651. The van der Waals surface area contributed by atoms with Crippen LogP contribution in [-0.4, -0.2) is 27.4 Å². The van der Waals surface area contributed by atoms with Gasteiger partial charge in [0.15, 0.2) is 0 Å². The largest absolute Gasteiger partial charge is 0.0654 e. The Morgan fingerprint density at radius 2 is 2.22 bits per heavy atom. The van der Waals surface area contributed by atoms with Crippen LogP contribution < -0.4 is 0 Å². The van der Waals surface area contributed by atoms with E-state index in [0.29, 0.717) is 17.6 Å². The van der Waals surface area contributed by atoms with Gasteiger partial charge in [-0.15, -0.1) is 0 Å². The average Bonchev–Trinajstić information content (AvgIpc) is 1.89. The minimum atomic E-state index is 0.469. The van der Waals surface area contributed by atoms with Gasteiger partial charge in [0.25, 0.3) is 0 Å². The summed E-state index contributed by atoms with van der Waals surface area (Å²) in [7, 11) is 2.65. The lowest BCUT2D eigenvalue weighted by Crippen LogP contribution is -2.03. The summed E-state index contributed by atoms with van der Waals surface area (Å²) in [6, 6.07) is 2.65. The first-order chi connectivity index (χ1) is 4.41. The molecular weight excluding hydrogens is 156 g/mol. The summed E-state index contributed by atoms with van der Waals surface area (Å²) >= 11 is 0. The van der Waals surface area contributed by atoms with Crippen molar-refractivity contribution in [2.24, 2.45) is 0 Å². The first-order valence-corrected chi connectivity index (χ1v) is 14.7. The minimum absolute atomic E-state index is 0.469. The number of hydrogen-bond donors (Lipinski definition) is 0. The smallest absolute Gasteiger partial charge is 0.00837 e. The summed E-state index contributed by atoms with van der Waals surface area (Å²) in [6.45, 7) is 2.28. The second-order valence-corrected chi connectivity index (χ2v) is 18.5. The van der Waals surface area contributed by atoms with Crippen molar-refractivity contribution in [3.63, 3.8) is 0 Å². The van der Waals surface area contributed by atoms with Crippen LogP contribution in [0.3, 0.4) is 0 Å². The lowest BCUT2D eigenvalue weighted by molar-refractivity contribution is 0.723. The van der Waals surface area contributed by atoms with Crippen molar-refractivity contribution in [3.8, 4) is 0 Å². The zero-order chi connectivity index (χ0) is 6.95. The van der Waals surface area contributed by atoms with E-state index in [0.717, 1.165) is 0 Å². The van der Waals surface area contributed by atoms with E-state index in [9.17, 15) is 0 Å². The molecule has 0 N–H and O–H groups in total. The van der Waals surface area contributed by atoms with Crippen LogP contribution in [0, 0.1) is 6.04 Å². The van der Waals surface area contributed by atoms with E-state index in [1.54, 1.807) is 9.76 Å². The van der Waals surface area contributed by atoms with Gasteiger partial charge in [0.1, 0.15) is 0 Å². The summed E-state index contributed by atoms with van der Waals surface area (Å²) in [4.78, 5) is 0. The standard InChI is InChI=1S/C6H19Si3/c1-2-3-4-5-6-8-9-7/h6H,2-5,8-9H2,1,7H3. The van der Waals surface area contributed by atoms with E-state index in [1.165, 1.54) is 25.7 Å². The first kappa shape index (κ1) is 9.65. The molecule has 0 rings (SSSR count). The number of hydrogen-bond acceptors (Lipinski definition) is 0. The van der Waals surface area contributed by atoms with E-state index in [1.807, 2.05) is 0 Å². The van der Waals surface area contributed by atoms with Crippen molar-refractivity contribution in [3.05, 3.63) is 6.04 Å². The van der Waals surface area contributed by atoms with E-state index >= 15 is 0 Å². The maximum absolute atomic E-state index is 2.65. The highest BCUT2D eigenvalue weighted by molar-refractivity contribution is 7.24. The molecule has 0 aliphatic heterocycles. The molecule has 0 nitrogen and oxygen atoms in total. The van der Waals surface area contributed by atoms with Crippen molar-refractivity contribution in [1.82, 2.24) is 0 Å². The molecule has 55 valence electrons. The highest BCUT2D eigenvalue weighted by Gasteiger charge is 1.87. The molecule has 0 amide bonds. The molecule has 0 bridgehead atoms. The number of rotatable bonds is 6. The van der Waals surface area contributed by atoms with Crippen LogP contribution in [0.25, 0.3) is 0 Å². The predicted molar refractivity (Wildman–Crippen MR) is 55.5 cm³/mol. The molecule has 9 heavy (non-hydrogen) atoms. The second-order valence-electron chi connectivity index (χ2n) is 2.57. The molecule has 0 fully saturated rings. The fourth-order valence-electron chi connectivity index (χ4n) is 0.887. The average molecular weight is 175 g/mol. The number of unbranched alkanes of at least 4 members (excludes halogenated alkanes) is 3. The van der Waals surface area contributed by atoms with E-state index in [4.69, 9.17) is 0 Å². The van der Waals surface area contributed by atoms with Crippen molar-refractivity contribution in [2.75, 3.05) is 0 Å². The molecule has 0 aromatic heterocycles. The third-order valence-corrected chi connectivity index (χ3v) is 11.1. The van der Waals surface area contributed by atoms with Crippen molar-refractivity contribution < 1.29 is 0 Å². The monoisotopic (exact) mass is 175 g/mol. The minimum Gasteiger partial charge on any atom is -0.0654 e. The third-order valence-electron chi connectivity index (χ3n) is 1.50. The molecular formula is C6H19Si3. The van der Waals surface area contributed by atoms with Crippen LogP contribution in [0.2, 0.25) is 0 Å². The fraction of sp³-hybridized carbons (Fsp3) is 0.833. The third kappa shape index (κ3) is 8.65. The Bertz CT molecular complexity index is 41.6. The van der Waals surface area contributed by atoms with Crippen LogP contribution in [0.15, 0.2) is 0 Å². The zero-order valence-electron chi connectivity index (χ0n) is 6.82. The Morgan fingerprint density at radius 3 is 2.78 bits per heavy atom. The fourth-order valence-corrected chi connectivity index (χ4v) is 7.64. The van der Waals surface area contributed by atoms with Gasteiger partial charge in [-0.05, 0) is 18.3 Å². The van der Waals surface area contributed by atoms with E-state index in [-0.39, 0.29) is 0 Å².